The standard InChI is InChI=1S/C19H18N6O2/c1-24-16-15(17(26)23-19(24)27)25(12-13-6-3-2-4-7-13)18(22-16)21-11-14-8-5-9-20-10-14/h2-10H,11-12H2,1H3,(H,21,22)(H,23,26,27). The second kappa shape index (κ2) is 6.91. The summed E-state index contributed by atoms with van der Waals surface area (Å²) in [6.45, 7) is 0.950. The number of nitrogens with one attached hydrogen (secondary N) is 2. The SMILES string of the molecule is Cn1c(=O)[nH]c(=O)c2c1nc(NCc1cccnc1)n2Cc1ccccc1. The summed E-state index contributed by atoms with van der Waals surface area (Å²) >= 11 is 0. The molecule has 27 heavy (non-hydrogen) atoms. The average molecular weight is 362 g/mol. The Morgan fingerprint density at radius 1 is 1.07 bits per heavy atom. The predicted molar refractivity (Wildman–Crippen MR) is 103 cm³/mol. The third-order valence-electron chi connectivity index (χ3n) is 4.36. The molecule has 0 radical (unpaired) electrons. The Bertz CT molecular complexity index is 1190. The topological polar surface area (TPSA) is 97.6 Å². The summed E-state index contributed by atoms with van der Waals surface area (Å²) in [7, 11) is 1.59. The van der Waals surface area contributed by atoms with Crippen molar-refractivity contribution in [3.05, 3.63) is 86.8 Å². The lowest BCUT2D eigenvalue weighted by atomic mass is 10.2. The molecule has 0 aliphatic heterocycles. The fourth-order valence-electron chi connectivity index (χ4n) is 2.97. The van der Waals surface area contributed by atoms with Gasteiger partial charge in [-0.2, -0.15) is 4.98 Å². The third kappa shape index (κ3) is 3.24. The van der Waals surface area contributed by atoms with Crippen molar-refractivity contribution in [3.63, 3.8) is 0 Å². The summed E-state index contributed by atoms with van der Waals surface area (Å²) in [5.41, 5.74) is 1.76. The Morgan fingerprint density at radius 3 is 2.59 bits per heavy atom. The number of benzene rings is 1. The molecule has 0 spiro atoms. The van der Waals surface area contributed by atoms with E-state index in [1.165, 1.54) is 4.57 Å². The zero-order valence-corrected chi connectivity index (χ0v) is 14.7. The summed E-state index contributed by atoms with van der Waals surface area (Å²) in [4.78, 5) is 35.4. The molecule has 3 heterocycles. The van der Waals surface area contributed by atoms with Crippen LogP contribution in [0.1, 0.15) is 11.1 Å². The number of hydrogen-bond donors (Lipinski definition) is 2. The number of anilines is 1. The maximum Gasteiger partial charge on any atom is 0.329 e. The van der Waals surface area contributed by atoms with Crippen molar-refractivity contribution in [2.75, 3.05) is 5.32 Å². The maximum atomic E-state index is 12.5. The van der Waals surface area contributed by atoms with Gasteiger partial charge in [-0.3, -0.25) is 23.9 Å². The van der Waals surface area contributed by atoms with Gasteiger partial charge in [0.1, 0.15) is 0 Å². The van der Waals surface area contributed by atoms with Crippen molar-refractivity contribution in [1.82, 2.24) is 24.1 Å². The molecular formula is C19H18N6O2. The minimum atomic E-state index is -0.490. The van der Waals surface area contributed by atoms with Crippen molar-refractivity contribution in [2.45, 2.75) is 13.1 Å². The molecule has 8 nitrogen and oxygen atoms in total. The van der Waals surface area contributed by atoms with Crippen LogP contribution in [0.4, 0.5) is 5.95 Å². The summed E-state index contributed by atoms with van der Waals surface area (Å²) < 4.78 is 3.13. The number of hydrogen-bond acceptors (Lipinski definition) is 5. The molecule has 0 bridgehead atoms. The molecule has 0 saturated carbocycles. The Balaban J connectivity index is 1.82. The van der Waals surface area contributed by atoms with Gasteiger partial charge >= 0.3 is 5.69 Å². The van der Waals surface area contributed by atoms with E-state index in [1.54, 1.807) is 24.0 Å². The van der Waals surface area contributed by atoms with Gasteiger partial charge < -0.3 is 5.32 Å². The minimum absolute atomic E-state index is 0.341. The molecule has 0 aliphatic carbocycles. The molecule has 8 heteroatoms. The third-order valence-corrected chi connectivity index (χ3v) is 4.36. The lowest BCUT2D eigenvalue weighted by Gasteiger charge is -2.10. The van der Waals surface area contributed by atoms with Gasteiger partial charge in [0.05, 0.1) is 6.54 Å². The molecule has 136 valence electrons. The lowest BCUT2D eigenvalue weighted by Crippen LogP contribution is -2.29. The Morgan fingerprint density at radius 2 is 1.85 bits per heavy atom. The molecule has 4 rings (SSSR count). The summed E-state index contributed by atoms with van der Waals surface area (Å²) in [6.07, 6.45) is 3.48. The summed E-state index contributed by atoms with van der Waals surface area (Å²) in [6, 6.07) is 13.6. The van der Waals surface area contributed by atoms with Crippen molar-refractivity contribution in [3.8, 4) is 0 Å². The van der Waals surface area contributed by atoms with Crippen molar-refractivity contribution < 1.29 is 0 Å². The van der Waals surface area contributed by atoms with Gasteiger partial charge in [0.15, 0.2) is 11.2 Å². The first-order valence-corrected chi connectivity index (χ1v) is 8.50. The highest BCUT2D eigenvalue weighted by Gasteiger charge is 2.17. The number of rotatable bonds is 5. The number of aromatic amines is 1. The largest absolute Gasteiger partial charge is 0.351 e. The zero-order valence-electron chi connectivity index (χ0n) is 14.7. The quantitative estimate of drug-likeness (QED) is 0.560. The summed E-state index contributed by atoms with van der Waals surface area (Å²) in [5, 5.41) is 3.26. The van der Waals surface area contributed by atoms with Crippen LogP contribution >= 0.6 is 0 Å². The molecule has 0 fully saturated rings. The van der Waals surface area contributed by atoms with Gasteiger partial charge in [-0.25, -0.2) is 4.79 Å². The maximum absolute atomic E-state index is 12.5. The predicted octanol–water partition coefficient (Wildman–Crippen LogP) is 1.48. The van der Waals surface area contributed by atoms with Gasteiger partial charge in [-0.05, 0) is 17.2 Å². The van der Waals surface area contributed by atoms with Gasteiger partial charge in [-0.15, -0.1) is 0 Å². The molecule has 3 aromatic heterocycles. The number of imidazole rings is 1. The second-order valence-electron chi connectivity index (χ2n) is 6.21. The average Bonchev–Trinajstić information content (AvgIpc) is 3.05. The molecule has 0 atom stereocenters. The normalized spacial score (nSPS) is 11.0. The molecule has 0 saturated heterocycles. The van der Waals surface area contributed by atoms with Crippen LogP contribution < -0.4 is 16.6 Å². The van der Waals surface area contributed by atoms with Crippen LogP contribution in [0.3, 0.4) is 0 Å². The fourth-order valence-corrected chi connectivity index (χ4v) is 2.97. The number of aromatic nitrogens is 5. The van der Waals surface area contributed by atoms with E-state index in [4.69, 9.17) is 0 Å². The van der Waals surface area contributed by atoms with Crippen LogP contribution in [0.15, 0.2) is 64.4 Å². The first-order valence-electron chi connectivity index (χ1n) is 8.50. The van der Waals surface area contributed by atoms with Crippen LogP contribution in [0.2, 0.25) is 0 Å². The monoisotopic (exact) mass is 362 g/mol. The molecular weight excluding hydrogens is 344 g/mol. The van der Waals surface area contributed by atoms with E-state index in [1.807, 2.05) is 42.5 Å². The van der Waals surface area contributed by atoms with Crippen LogP contribution in [0, 0.1) is 0 Å². The Labute approximate surface area is 154 Å². The van der Waals surface area contributed by atoms with Gasteiger partial charge in [0.2, 0.25) is 5.95 Å². The van der Waals surface area contributed by atoms with Crippen LogP contribution in [-0.2, 0) is 20.1 Å². The molecule has 0 unspecified atom stereocenters. The summed E-state index contributed by atoms with van der Waals surface area (Å²) in [5.74, 6) is 0.518. The van der Waals surface area contributed by atoms with E-state index in [9.17, 15) is 9.59 Å². The Hall–Kier alpha value is -3.68. The molecule has 4 aromatic rings. The van der Waals surface area contributed by atoms with Crippen molar-refractivity contribution >= 4 is 17.1 Å². The van der Waals surface area contributed by atoms with Gasteiger partial charge in [-0.1, -0.05) is 36.4 Å². The van der Waals surface area contributed by atoms with Crippen LogP contribution in [0.5, 0.6) is 0 Å². The molecule has 2 N–H and O–H groups in total. The molecule has 0 aliphatic rings. The van der Waals surface area contributed by atoms with E-state index in [0.29, 0.717) is 30.2 Å². The van der Waals surface area contributed by atoms with Crippen molar-refractivity contribution in [2.24, 2.45) is 7.05 Å². The molecule has 1 aromatic carbocycles. The lowest BCUT2D eigenvalue weighted by molar-refractivity contribution is 0.806. The van der Waals surface area contributed by atoms with Crippen molar-refractivity contribution in [1.29, 1.82) is 0 Å². The molecule has 0 amide bonds. The van der Waals surface area contributed by atoms with E-state index >= 15 is 0 Å². The van der Waals surface area contributed by atoms with E-state index in [2.05, 4.69) is 20.3 Å². The second-order valence-corrected chi connectivity index (χ2v) is 6.21. The van der Waals surface area contributed by atoms with E-state index < -0.39 is 11.2 Å². The first-order chi connectivity index (χ1) is 13.1. The highest BCUT2D eigenvalue weighted by Crippen LogP contribution is 2.18. The highest BCUT2D eigenvalue weighted by atomic mass is 16.2. The van der Waals surface area contributed by atoms with E-state index in [0.717, 1.165) is 11.1 Å². The number of pyridine rings is 1. The minimum Gasteiger partial charge on any atom is -0.351 e. The first kappa shape index (κ1) is 16.8. The Kier molecular flexibility index (Phi) is 4.29. The number of nitrogens with zero attached hydrogens (tertiary/aromatic N) is 4. The van der Waals surface area contributed by atoms with Crippen LogP contribution in [-0.4, -0.2) is 24.1 Å². The van der Waals surface area contributed by atoms with E-state index in [-0.39, 0.29) is 0 Å². The number of H-pyrrole nitrogens is 1. The highest BCUT2D eigenvalue weighted by molar-refractivity contribution is 5.74. The number of aryl methyl sites for hydroxylation is 1. The zero-order chi connectivity index (χ0) is 18.8. The van der Waals surface area contributed by atoms with Crippen LogP contribution in [0.25, 0.3) is 11.2 Å². The smallest absolute Gasteiger partial charge is 0.329 e. The van der Waals surface area contributed by atoms with Gasteiger partial charge in [0.25, 0.3) is 5.56 Å². The number of fused-ring (bicyclic) bond motifs is 1. The fraction of sp³-hybridized carbons (Fsp3) is 0.158. The van der Waals surface area contributed by atoms with Gasteiger partial charge in [0, 0.05) is 26.0 Å².